The molecule has 4 unspecified atom stereocenters. The molecule has 1 saturated heterocycles. The molecular weight excluding hydrogens is 679 g/mol. The summed E-state index contributed by atoms with van der Waals surface area (Å²) in [6.07, 6.45) is -4.63. The molecule has 0 aliphatic carbocycles. The lowest BCUT2D eigenvalue weighted by Gasteiger charge is -2.46. The third kappa shape index (κ3) is 6.16. The van der Waals surface area contributed by atoms with Gasteiger partial charge in [-0.15, -0.1) is 0 Å². The summed E-state index contributed by atoms with van der Waals surface area (Å²) in [5.74, 6) is 0.406. The number of aliphatic hydroxyl groups is 2. The number of carbonyl (C=O) groups excluding carboxylic acids is 1. The van der Waals surface area contributed by atoms with E-state index in [9.17, 15) is 19.8 Å². The van der Waals surface area contributed by atoms with Crippen LogP contribution < -0.4 is 20.4 Å². The lowest BCUT2D eigenvalue weighted by molar-refractivity contribution is -0.306. The lowest BCUT2D eigenvalue weighted by Crippen LogP contribution is -2.63. The highest BCUT2D eigenvalue weighted by atomic mass is 32.2. The number of ether oxygens (including phenoxy) is 4. The van der Waals surface area contributed by atoms with Gasteiger partial charge in [0.05, 0.1) is 12.7 Å². The average molecular weight is 714 g/mol. The largest absolute Gasteiger partial charge is 0.496 e. The number of carbonyl (C=O) groups is 1. The van der Waals surface area contributed by atoms with Gasteiger partial charge in [-0.1, -0.05) is 47.8 Å². The molecule has 258 valence electrons. The third-order valence-corrected chi connectivity index (χ3v) is 11.5. The van der Waals surface area contributed by atoms with Crippen LogP contribution in [-0.2, 0) is 9.47 Å². The van der Waals surface area contributed by atoms with E-state index in [-0.39, 0.29) is 17.0 Å². The molecule has 1 amide bonds. The molecule has 4 aromatic carbocycles. The number of hydrogen-bond donors (Lipinski definition) is 3. The van der Waals surface area contributed by atoms with Crippen molar-refractivity contribution in [3.8, 4) is 22.6 Å². The number of hydrogen-bond acceptors (Lipinski definition) is 11. The van der Waals surface area contributed by atoms with Crippen molar-refractivity contribution in [2.75, 3.05) is 19.5 Å². The van der Waals surface area contributed by atoms with E-state index >= 15 is 0 Å². The quantitative estimate of drug-likeness (QED) is 0.149. The number of aliphatic hydroxyl groups excluding tert-OH is 2. The standard InChI is InChI=1S/C38H35NO9S2/c1-19-25(46-37-31(41)30(40)34(45-5)38(2,3)48-37)15-13-20-18-24(36(43)47-32(19)20)39-35(42)21-14-16-26(44-4)23(17-21)22-9-8-12-29-33(22)50-28-11-7-6-10-27(28)49-29/h6-18,30-31,34,37,40-41H,1-5H3,(H,39,42). The first-order valence-corrected chi connectivity index (χ1v) is 17.5. The number of amides is 1. The topological polar surface area (TPSA) is 137 Å². The monoisotopic (exact) mass is 713 g/mol. The van der Waals surface area contributed by atoms with Crippen LogP contribution in [-0.4, -0.2) is 60.5 Å². The van der Waals surface area contributed by atoms with E-state index in [0.29, 0.717) is 22.3 Å². The van der Waals surface area contributed by atoms with Crippen molar-refractivity contribution in [2.24, 2.45) is 0 Å². The number of anilines is 1. The number of nitrogens with one attached hydrogen (secondary N) is 1. The van der Waals surface area contributed by atoms with Crippen LogP contribution in [0.3, 0.4) is 0 Å². The van der Waals surface area contributed by atoms with Gasteiger partial charge in [0.15, 0.2) is 0 Å². The summed E-state index contributed by atoms with van der Waals surface area (Å²) in [7, 11) is 3.02. The number of benzene rings is 4. The van der Waals surface area contributed by atoms with Gasteiger partial charge in [0.2, 0.25) is 6.29 Å². The molecule has 10 nitrogen and oxygen atoms in total. The first-order valence-electron chi connectivity index (χ1n) is 15.9. The molecule has 3 N–H and O–H groups in total. The zero-order valence-electron chi connectivity index (χ0n) is 27.9. The number of rotatable bonds is 7. The first-order chi connectivity index (χ1) is 24.0. The Morgan fingerprint density at radius 3 is 2.32 bits per heavy atom. The van der Waals surface area contributed by atoms with E-state index < -0.39 is 41.7 Å². The fourth-order valence-electron chi connectivity index (χ4n) is 6.37. The Morgan fingerprint density at radius 2 is 1.58 bits per heavy atom. The highest BCUT2D eigenvalue weighted by molar-refractivity contribution is 8.05. The van der Waals surface area contributed by atoms with E-state index in [1.54, 1.807) is 87.8 Å². The van der Waals surface area contributed by atoms with Gasteiger partial charge in [0.25, 0.3) is 5.91 Å². The van der Waals surface area contributed by atoms with Crippen molar-refractivity contribution in [3.05, 3.63) is 100 Å². The van der Waals surface area contributed by atoms with Crippen LogP contribution in [0.15, 0.2) is 108 Å². The maximum Gasteiger partial charge on any atom is 0.360 e. The normalized spacial score (nSPS) is 20.9. The van der Waals surface area contributed by atoms with Crippen LogP contribution in [0.5, 0.6) is 11.5 Å². The molecule has 0 saturated carbocycles. The van der Waals surface area contributed by atoms with Crippen molar-refractivity contribution in [2.45, 2.75) is 70.6 Å². The number of methoxy groups -OCH3 is 2. The van der Waals surface area contributed by atoms with Gasteiger partial charge in [0.1, 0.15) is 41.1 Å². The second-order valence-electron chi connectivity index (χ2n) is 12.6. The molecule has 1 aromatic heterocycles. The molecule has 2 aliphatic heterocycles. The Morgan fingerprint density at radius 1 is 0.860 bits per heavy atom. The van der Waals surface area contributed by atoms with Crippen molar-refractivity contribution in [1.82, 2.24) is 0 Å². The van der Waals surface area contributed by atoms with E-state index in [4.69, 9.17) is 23.4 Å². The maximum atomic E-state index is 13.6. The minimum atomic E-state index is -1.40. The van der Waals surface area contributed by atoms with Gasteiger partial charge in [-0.05, 0) is 75.4 Å². The molecule has 4 atom stereocenters. The fourth-order valence-corrected chi connectivity index (χ4v) is 8.76. The molecule has 0 bridgehead atoms. The van der Waals surface area contributed by atoms with Crippen LogP contribution in [0.4, 0.5) is 5.69 Å². The minimum Gasteiger partial charge on any atom is -0.496 e. The molecule has 1 fully saturated rings. The Balaban J connectivity index is 1.15. The van der Waals surface area contributed by atoms with Crippen LogP contribution in [0, 0.1) is 6.92 Å². The van der Waals surface area contributed by atoms with Crippen molar-refractivity contribution >= 4 is 46.1 Å². The summed E-state index contributed by atoms with van der Waals surface area (Å²) in [5.41, 5.74) is 0.979. The zero-order chi connectivity index (χ0) is 35.3. The van der Waals surface area contributed by atoms with Gasteiger partial charge in [-0.2, -0.15) is 0 Å². The molecule has 5 aromatic rings. The van der Waals surface area contributed by atoms with Crippen molar-refractivity contribution in [1.29, 1.82) is 0 Å². The van der Waals surface area contributed by atoms with Crippen LogP contribution >= 0.6 is 23.5 Å². The van der Waals surface area contributed by atoms with Crippen LogP contribution in [0.1, 0.15) is 29.8 Å². The second-order valence-corrected chi connectivity index (χ2v) is 14.7. The summed E-state index contributed by atoms with van der Waals surface area (Å²) in [4.78, 5) is 31.3. The Hall–Kier alpha value is -4.30. The molecule has 7 rings (SSSR count). The molecule has 12 heteroatoms. The number of fused-ring (bicyclic) bond motifs is 3. The van der Waals surface area contributed by atoms with E-state index in [2.05, 4.69) is 23.5 Å². The van der Waals surface area contributed by atoms with Crippen LogP contribution in [0.25, 0.3) is 22.1 Å². The summed E-state index contributed by atoms with van der Waals surface area (Å²) in [5, 5.41) is 24.6. The minimum absolute atomic E-state index is 0.0323. The molecule has 50 heavy (non-hydrogen) atoms. The summed E-state index contributed by atoms with van der Waals surface area (Å²) in [6.45, 7) is 5.16. The summed E-state index contributed by atoms with van der Waals surface area (Å²) in [6, 6.07) is 24.3. The molecule has 2 aliphatic rings. The molecule has 0 radical (unpaired) electrons. The fraction of sp³-hybridized carbons (Fsp3) is 0.263. The van der Waals surface area contributed by atoms with Gasteiger partial charge in [0, 0.05) is 54.3 Å². The van der Waals surface area contributed by atoms with Gasteiger partial charge < -0.3 is 38.9 Å². The van der Waals surface area contributed by atoms with Crippen LogP contribution in [0.2, 0.25) is 0 Å². The van der Waals surface area contributed by atoms with Crippen molar-refractivity contribution < 1.29 is 38.4 Å². The highest BCUT2D eigenvalue weighted by Gasteiger charge is 2.50. The maximum absolute atomic E-state index is 13.6. The average Bonchev–Trinajstić information content (AvgIpc) is 3.10. The Labute approximate surface area is 296 Å². The number of aryl methyl sites for hydroxylation is 1. The molecule has 0 spiro atoms. The smallest absolute Gasteiger partial charge is 0.360 e. The lowest BCUT2D eigenvalue weighted by atomic mass is 9.89. The van der Waals surface area contributed by atoms with Gasteiger partial charge in [-0.25, -0.2) is 4.79 Å². The summed E-state index contributed by atoms with van der Waals surface area (Å²) < 4.78 is 28.7. The molecular formula is C38H35NO9S2. The van der Waals surface area contributed by atoms with E-state index in [1.165, 1.54) is 12.0 Å². The third-order valence-electron chi connectivity index (χ3n) is 8.90. The predicted octanol–water partition coefficient (Wildman–Crippen LogP) is 6.90. The van der Waals surface area contributed by atoms with E-state index in [0.717, 1.165) is 25.8 Å². The Bertz CT molecular complexity index is 2180. The predicted molar refractivity (Wildman–Crippen MR) is 191 cm³/mol. The van der Waals surface area contributed by atoms with Gasteiger partial charge in [-0.3, -0.25) is 4.79 Å². The Kier molecular flexibility index (Phi) is 9.18. The molecule has 3 heterocycles. The second kappa shape index (κ2) is 13.4. The van der Waals surface area contributed by atoms with Gasteiger partial charge >= 0.3 is 5.63 Å². The SMILES string of the molecule is COc1ccc(C(=O)Nc2cc3ccc(OC4OC(C)(C)C(OC)C(O)C4O)c(C)c3oc2=O)cc1-c1cccc2c1Sc1ccccc1S2. The van der Waals surface area contributed by atoms with E-state index in [1.807, 2.05) is 24.3 Å². The highest BCUT2D eigenvalue weighted by Crippen LogP contribution is 2.52. The van der Waals surface area contributed by atoms with Crippen molar-refractivity contribution in [3.63, 3.8) is 0 Å². The first kappa shape index (κ1) is 34.2. The summed E-state index contributed by atoms with van der Waals surface area (Å²) >= 11 is 3.39. The zero-order valence-corrected chi connectivity index (χ0v) is 29.5.